The molecular weight excluding hydrogens is 290 g/mol. The van der Waals surface area contributed by atoms with Gasteiger partial charge in [-0.1, -0.05) is 30.3 Å². The number of benzene rings is 1. The van der Waals surface area contributed by atoms with Gasteiger partial charge >= 0.3 is 6.09 Å². The molecule has 1 aliphatic carbocycles. The molecule has 1 aliphatic heterocycles. The van der Waals surface area contributed by atoms with Crippen LogP contribution in [-0.2, 0) is 11.3 Å². The summed E-state index contributed by atoms with van der Waals surface area (Å²) >= 11 is 0. The molecule has 0 unspecified atom stereocenters. The Kier molecular flexibility index (Phi) is 5.51. The number of likely N-dealkylation sites (tertiary alicyclic amines) is 1. The third-order valence-corrected chi connectivity index (χ3v) is 4.72. The summed E-state index contributed by atoms with van der Waals surface area (Å²) in [6.07, 6.45) is 3.48. The van der Waals surface area contributed by atoms with Gasteiger partial charge in [-0.25, -0.2) is 4.79 Å². The van der Waals surface area contributed by atoms with E-state index in [9.17, 15) is 4.79 Å². The summed E-state index contributed by atoms with van der Waals surface area (Å²) in [4.78, 5) is 16.5. The fraction of sp³-hybridized carbons (Fsp3) is 0.611. The first-order valence-corrected chi connectivity index (χ1v) is 8.66. The van der Waals surface area contributed by atoms with E-state index in [2.05, 4.69) is 4.90 Å². The minimum absolute atomic E-state index is 0.187. The molecule has 1 saturated heterocycles. The van der Waals surface area contributed by atoms with Gasteiger partial charge < -0.3 is 15.4 Å². The number of nitrogens with two attached hydrogens (primary N) is 1. The van der Waals surface area contributed by atoms with E-state index < -0.39 is 0 Å². The van der Waals surface area contributed by atoms with Crippen molar-refractivity contribution in [2.24, 2.45) is 11.7 Å². The van der Waals surface area contributed by atoms with Crippen LogP contribution in [0.1, 0.15) is 24.8 Å². The maximum absolute atomic E-state index is 12.2. The van der Waals surface area contributed by atoms with Crippen molar-refractivity contribution in [3.8, 4) is 0 Å². The summed E-state index contributed by atoms with van der Waals surface area (Å²) in [5, 5.41) is 0. The zero-order valence-electron chi connectivity index (χ0n) is 13.7. The van der Waals surface area contributed by atoms with Crippen molar-refractivity contribution in [1.29, 1.82) is 0 Å². The van der Waals surface area contributed by atoms with E-state index in [0.717, 1.165) is 44.2 Å². The topological polar surface area (TPSA) is 58.8 Å². The predicted molar refractivity (Wildman–Crippen MR) is 90.0 cm³/mol. The highest BCUT2D eigenvalue weighted by Crippen LogP contribution is 2.29. The molecule has 0 bridgehead atoms. The Bertz CT molecular complexity index is 504. The van der Waals surface area contributed by atoms with Gasteiger partial charge in [-0.05, 0) is 30.7 Å². The number of hydrogen-bond acceptors (Lipinski definition) is 4. The fourth-order valence-electron chi connectivity index (χ4n) is 3.32. The smallest absolute Gasteiger partial charge is 0.410 e. The third-order valence-electron chi connectivity index (χ3n) is 4.72. The van der Waals surface area contributed by atoms with Crippen LogP contribution in [-0.4, -0.2) is 54.7 Å². The maximum atomic E-state index is 12.2. The monoisotopic (exact) mass is 317 g/mol. The van der Waals surface area contributed by atoms with Crippen LogP contribution >= 0.6 is 0 Å². The Hall–Kier alpha value is -1.59. The molecule has 1 heterocycles. The Morgan fingerprint density at radius 2 is 2.04 bits per heavy atom. The second kappa shape index (κ2) is 7.79. The highest BCUT2D eigenvalue weighted by Gasteiger charge is 2.33. The Labute approximate surface area is 138 Å². The number of carbonyl (C=O) groups excluding carboxylic acids is 1. The summed E-state index contributed by atoms with van der Waals surface area (Å²) in [5.74, 6) is 0.548. The van der Waals surface area contributed by atoms with E-state index in [-0.39, 0.29) is 6.09 Å². The van der Waals surface area contributed by atoms with Crippen LogP contribution in [0.4, 0.5) is 4.79 Å². The first-order chi connectivity index (χ1) is 11.3. The number of rotatable bonds is 7. The Balaban J connectivity index is 1.42. The molecule has 0 aromatic heterocycles. The molecule has 2 N–H and O–H groups in total. The van der Waals surface area contributed by atoms with E-state index >= 15 is 0 Å². The molecular formula is C18H27N3O2. The highest BCUT2D eigenvalue weighted by atomic mass is 16.6. The molecule has 1 atom stereocenters. The average molecular weight is 317 g/mol. The number of carbonyl (C=O) groups is 1. The minimum atomic E-state index is -0.187. The lowest BCUT2D eigenvalue weighted by molar-refractivity contribution is 0.102. The molecule has 1 amide bonds. The molecule has 5 nitrogen and oxygen atoms in total. The standard InChI is InChI=1S/C18H27N3O2/c19-9-11-20(17-6-7-17)12-16-8-10-21(13-16)18(22)23-14-15-4-2-1-3-5-15/h1-5,16-17H,6-14,19H2/t16-/m0/s1. The highest BCUT2D eigenvalue weighted by molar-refractivity contribution is 5.68. The van der Waals surface area contributed by atoms with Gasteiger partial charge in [0, 0.05) is 38.8 Å². The van der Waals surface area contributed by atoms with E-state index in [1.54, 1.807) is 0 Å². The molecule has 2 fully saturated rings. The van der Waals surface area contributed by atoms with Gasteiger partial charge in [0.2, 0.25) is 0 Å². The van der Waals surface area contributed by atoms with E-state index in [1.165, 1.54) is 12.8 Å². The summed E-state index contributed by atoms with van der Waals surface area (Å²) in [5.41, 5.74) is 6.74. The van der Waals surface area contributed by atoms with Gasteiger partial charge in [-0.3, -0.25) is 4.90 Å². The SMILES string of the molecule is NCCN(C[C@@H]1CCN(C(=O)OCc2ccccc2)C1)C1CC1. The predicted octanol–water partition coefficient (Wildman–Crippen LogP) is 2.07. The van der Waals surface area contributed by atoms with Crippen molar-refractivity contribution in [3.05, 3.63) is 35.9 Å². The molecule has 5 heteroatoms. The fourth-order valence-corrected chi connectivity index (χ4v) is 3.32. The third kappa shape index (κ3) is 4.69. The van der Waals surface area contributed by atoms with Gasteiger partial charge in [-0.15, -0.1) is 0 Å². The largest absolute Gasteiger partial charge is 0.445 e. The van der Waals surface area contributed by atoms with Crippen LogP contribution in [0.3, 0.4) is 0 Å². The van der Waals surface area contributed by atoms with Gasteiger partial charge in [-0.2, -0.15) is 0 Å². The van der Waals surface area contributed by atoms with Crippen LogP contribution < -0.4 is 5.73 Å². The van der Waals surface area contributed by atoms with Gasteiger partial charge in [0.15, 0.2) is 0 Å². The van der Waals surface area contributed by atoms with Crippen molar-refractivity contribution < 1.29 is 9.53 Å². The maximum Gasteiger partial charge on any atom is 0.410 e. The lowest BCUT2D eigenvalue weighted by Gasteiger charge is -2.24. The van der Waals surface area contributed by atoms with Crippen molar-refractivity contribution in [3.63, 3.8) is 0 Å². The van der Waals surface area contributed by atoms with Crippen molar-refractivity contribution in [2.45, 2.75) is 31.9 Å². The summed E-state index contributed by atoms with van der Waals surface area (Å²) < 4.78 is 5.43. The zero-order chi connectivity index (χ0) is 16.1. The summed E-state index contributed by atoms with van der Waals surface area (Å²) in [6, 6.07) is 10.6. The molecule has 2 aliphatic rings. The minimum Gasteiger partial charge on any atom is -0.445 e. The van der Waals surface area contributed by atoms with Crippen LogP contribution in [0.25, 0.3) is 0 Å². The molecule has 1 aromatic carbocycles. The number of ether oxygens (including phenoxy) is 1. The normalized spacial score (nSPS) is 21.0. The van der Waals surface area contributed by atoms with Crippen LogP contribution in [0.15, 0.2) is 30.3 Å². The van der Waals surface area contributed by atoms with Gasteiger partial charge in [0.25, 0.3) is 0 Å². The lowest BCUT2D eigenvalue weighted by atomic mass is 10.1. The quantitative estimate of drug-likeness (QED) is 0.836. The molecule has 0 radical (unpaired) electrons. The summed E-state index contributed by atoms with van der Waals surface area (Å²) in [6.45, 7) is 4.71. The van der Waals surface area contributed by atoms with E-state index in [1.807, 2.05) is 35.2 Å². The number of nitrogens with zero attached hydrogens (tertiary/aromatic N) is 2. The van der Waals surface area contributed by atoms with Crippen LogP contribution in [0, 0.1) is 5.92 Å². The molecule has 126 valence electrons. The second-order valence-electron chi connectivity index (χ2n) is 6.66. The van der Waals surface area contributed by atoms with Crippen molar-refractivity contribution >= 4 is 6.09 Å². The first-order valence-electron chi connectivity index (χ1n) is 8.66. The Morgan fingerprint density at radius 3 is 2.74 bits per heavy atom. The number of hydrogen-bond donors (Lipinski definition) is 1. The zero-order valence-corrected chi connectivity index (χ0v) is 13.7. The van der Waals surface area contributed by atoms with Crippen molar-refractivity contribution in [2.75, 3.05) is 32.7 Å². The van der Waals surface area contributed by atoms with Crippen molar-refractivity contribution in [1.82, 2.24) is 9.80 Å². The van der Waals surface area contributed by atoms with Gasteiger partial charge in [0.05, 0.1) is 0 Å². The lowest BCUT2D eigenvalue weighted by Crippen LogP contribution is -2.37. The van der Waals surface area contributed by atoms with Gasteiger partial charge in [0.1, 0.15) is 6.61 Å². The number of amides is 1. The molecule has 0 spiro atoms. The van der Waals surface area contributed by atoms with E-state index in [0.29, 0.717) is 19.1 Å². The second-order valence-corrected chi connectivity index (χ2v) is 6.66. The van der Waals surface area contributed by atoms with E-state index in [4.69, 9.17) is 10.5 Å². The average Bonchev–Trinajstić information content (AvgIpc) is 3.32. The molecule has 3 rings (SSSR count). The summed E-state index contributed by atoms with van der Waals surface area (Å²) in [7, 11) is 0. The molecule has 1 saturated carbocycles. The Morgan fingerprint density at radius 1 is 1.26 bits per heavy atom. The first kappa shape index (κ1) is 16.3. The molecule has 1 aromatic rings. The van der Waals surface area contributed by atoms with Crippen LogP contribution in [0.5, 0.6) is 0 Å². The van der Waals surface area contributed by atoms with Crippen LogP contribution in [0.2, 0.25) is 0 Å². The molecule has 23 heavy (non-hydrogen) atoms.